The molecule has 2 aromatic heterocycles. The molecule has 0 aliphatic carbocycles. The van der Waals surface area contributed by atoms with Gasteiger partial charge in [0, 0.05) is 36.8 Å². The lowest BCUT2D eigenvalue weighted by atomic mass is 9.97. The van der Waals surface area contributed by atoms with Crippen LogP contribution in [0.1, 0.15) is 55.9 Å². The van der Waals surface area contributed by atoms with Crippen molar-refractivity contribution in [3.63, 3.8) is 0 Å². The first-order chi connectivity index (χ1) is 10.1. The van der Waals surface area contributed by atoms with E-state index in [2.05, 4.69) is 38.9 Å². The minimum absolute atomic E-state index is 0.269. The Kier molecular flexibility index (Phi) is 3.86. The maximum Gasteiger partial charge on any atom is 0.229 e. The standard InChI is InChI=1S/C15H21N5O/c1-10(2)14-18-13(19-21-14)12-5-4-8-20(9-12)15-16-7-6-11(3)17-15/h6-7,10,12H,4-5,8-9H2,1-3H3. The molecule has 1 unspecified atom stereocenters. The number of aromatic nitrogens is 4. The van der Waals surface area contributed by atoms with Gasteiger partial charge in [0.1, 0.15) is 0 Å². The van der Waals surface area contributed by atoms with E-state index in [9.17, 15) is 0 Å². The van der Waals surface area contributed by atoms with E-state index >= 15 is 0 Å². The normalized spacial score (nSPS) is 19.2. The molecule has 0 N–H and O–H groups in total. The Labute approximate surface area is 124 Å². The highest BCUT2D eigenvalue weighted by Gasteiger charge is 2.27. The number of hydrogen-bond acceptors (Lipinski definition) is 6. The predicted molar refractivity (Wildman–Crippen MR) is 79.3 cm³/mol. The molecule has 0 amide bonds. The van der Waals surface area contributed by atoms with Crippen LogP contribution in [-0.4, -0.2) is 33.2 Å². The molecule has 0 spiro atoms. The maximum atomic E-state index is 5.33. The summed E-state index contributed by atoms with van der Waals surface area (Å²) in [6.07, 6.45) is 3.99. The Morgan fingerprint density at radius 1 is 1.33 bits per heavy atom. The summed E-state index contributed by atoms with van der Waals surface area (Å²) in [5.41, 5.74) is 0.990. The summed E-state index contributed by atoms with van der Waals surface area (Å²) in [6, 6.07) is 1.92. The number of nitrogens with zero attached hydrogens (tertiary/aromatic N) is 5. The number of anilines is 1. The minimum atomic E-state index is 0.269. The first-order valence-corrected chi connectivity index (χ1v) is 7.51. The first kappa shape index (κ1) is 14.0. The highest BCUT2D eigenvalue weighted by molar-refractivity contribution is 5.32. The van der Waals surface area contributed by atoms with Gasteiger partial charge in [-0.25, -0.2) is 9.97 Å². The molecule has 112 valence electrons. The van der Waals surface area contributed by atoms with Gasteiger partial charge < -0.3 is 9.42 Å². The van der Waals surface area contributed by atoms with E-state index in [0.717, 1.165) is 43.4 Å². The molecule has 0 saturated carbocycles. The van der Waals surface area contributed by atoms with Gasteiger partial charge in [0.05, 0.1) is 0 Å². The SMILES string of the molecule is Cc1ccnc(N2CCCC(c3noc(C(C)C)n3)C2)n1. The Morgan fingerprint density at radius 3 is 2.90 bits per heavy atom. The van der Waals surface area contributed by atoms with E-state index in [1.54, 1.807) is 0 Å². The molecule has 1 atom stereocenters. The van der Waals surface area contributed by atoms with Gasteiger partial charge in [0.2, 0.25) is 11.8 Å². The van der Waals surface area contributed by atoms with E-state index < -0.39 is 0 Å². The van der Waals surface area contributed by atoms with Gasteiger partial charge in [-0.15, -0.1) is 0 Å². The third-order valence-electron chi connectivity index (χ3n) is 3.80. The lowest BCUT2D eigenvalue weighted by Crippen LogP contribution is -2.36. The molecule has 6 nitrogen and oxygen atoms in total. The van der Waals surface area contributed by atoms with Crippen molar-refractivity contribution in [1.82, 2.24) is 20.1 Å². The van der Waals surface area contributed by atoms with Crippen LogP contribution >= 0.6 is 0 Å². The molecular formula is C15H21N5O. The maximum absolute atomic E-state index is 5.33. The highest BCUT2D eigenvalue weighted by Crippen LogP contribution is 2.27. The van der Waals surface area contributed by atoms with E-state index in [1.807, 2.05) is 19.2 Å². The second kappa shape index (κ2) is 5.79. The first-order valence-electron chi connectivity index (χ1n) is 7.51. The minimum Gasteiger partial charge on any atom is -0.340 e. The van der Waals surface area contributed by atoms with Gasteiger partial charge in [-0.3, -0.25) is 0 Å². The topological polar surface area (TPSA) is 67.9 Å². The Morgan fingerprint density at radius 2 is 2.19 bits per heavy atom. The molecule has 2 aromatic rings. The Bertz CT molecular complexity index is 610. The van der Waals surface area contributed by atoms with Crippen molar-refractivity contribution in [2.45, 2.75) is 45.4 Å². The molecule has 3 rings (SSSR count). The molecule has 0 aromatic carbocycles. The predicted octanol–water partition coefficient (Wildman–Crippen LogP) is 2.68. The van der Waals surface area contributed by atoms with Gasteiger partial charge in [-0.2, -0.15) is 4.98 Å². The van der Waals surface area contributed by atoms with Crippen LogP contribution in [0.4, 0.5) is 5.95 Å². The van der Waals surface area contributed by atoms with Crippen molar-refractivity contribution in [2.24, 2.45) is 0 Å². The van der Waals surface area contributed by atoms with Crippen LogP contribution in [0.5, 0.6) is 0 Å². The molecule has 0 radical (unpaired) electrons. The van der Waals surface area contributed by atoms with Gasteiger partial charge in [0.25, 0.3) is 0 Å². The second-order valence-electron chi connectivity index (χ2n) is 5.93. The van der Waals surface area contributed by atoms with Crippen molar-refractivity contribution in [3.8, 4) is 0 Å². The number of aryl methyl sites for hydroxylation is 1. The summed E-state index contributed by atoms with van der Waals surface area (Å²) in [6.45, 7) is 7.94. The van der Waals surface area contributed by atoms with Crippen LogP contribution in [0.25, 0.3) is 0 Å². The number of piperidine rings is 1. The molecule has 1 aliphatic rings. The van der Waals surface area contributed by atoms with E-state index in [-0.39, 0.29) is 5.92 Å². The molecule has 3 heterocycles. The lowest BCUT2D eigenvalue weighted by molar-refractivity contribution is 0.354. The molecule has 6 heteroatoms. The molecule has 1 saturated heterocycles. The molecular weight excluding hydrogens is 266 g/mol. The second-order valence-corrected chi connectivity index (χ2v) is 5.93. The third-order valence-corrected chi connectivity index (χ3v) is 3.80. The van der Waals surface area contributed by atoms with Crippen molar-refractivity contribution in [2.75, 3.05) is 18.0 Å². The highest BCUT2D eigenvalue weighted by atomic mass is 16.5. The van der Waals surface area contributed by atoms with Crippen LogP contribution in [0, 0.1) is 6.92 Å². The fourth-order valence-electron chi connectivity index (χ4n) is 2.61. The Balaban J connectivity index is 1.76. The van der Waals surface area contributed by atoms with Crippen LogP contribution in [-0.2, 0) is 0 Å². The number of rotatable bonds is 3. The van der Waals surface area contributed by atoms with Crippen LogP contribution in [0.3, 0.4) is 0 Å². The molecule has 1 fully saturated rings. The van der Waals surface area contributed by atoms with E-state index in [4.69, 9.17) is 4.52 Å². The lowest BCUT2D eigenvalue weighted by Gasteiger charge is -2.31. The van der Waals surface area contributed by atoms with E-state index in [1.165, 1.54) is 0 Å². The number of hydrogen-bond donors (Lipinski definition) is 0. The summed E-state index contributed by atoms with van der Waals surface area (Å²) in [5.74, 6) is 2.89. The average Bonchev–Trinajstić information content (AvgIpc) is 2.97. The van der Waals surface area contributed by atoms with Crippen molar-refractivity contribution >= 4 is 5.95 Å². The van der Waals surface area contributed by atoms with Crippen LogP contribution in [0.2, 0.25) is 0 Å². The zero-order valence-corrected chi connectivity index (χ0v) is 12.8. The van der Waals surface area contributed by atoms with Crippen molar-refractivity contribution in [3.05, 3.63) is 29.7 Å². The fraction of sp³-hybridized carbons (Fsp3) is 0.600. The summed E-state index contributed by atoms with van der Waals surface area (Å²) in [5, 5.41) is 4.15. The van der Waals surface area contributed by atoms with Crippen molar-refractivity contribution < 1.29 is 4.52 Å². The van der Waals surface area contributed by atoms with Gasteiger partial charge in [0.15, 0.2) is 5.82 Å². The van der Waals surface area contributed by atoms with Gasteiger partial charge in [-0.05, 0) is 25.8 Å². The smallest absolute Gasteiger partial charge is 0.229 e. The zero-order valence-electron chi connectivity index (χ0n) is 12.8. The fourth-order valence-corrected chi connectivity index (χ4v) is 2.61. The Hall–Kier alpha value is -1.98. The zero-order chi connectivity index (χ0) is 14.8. The van der Waals surface area contributed by atoms with E-state index in [0.29, 0.717) is 11.8 Å². The third kappa shape index (κ3) is 3.04. The molecule has 21 heavy (non-hydrogen) atoms. The largest absolute Gasteiger partial charge is 0.340 e. The van der Waals surface area contributed by atoms with Gasteiger partial charge in [-0.1, -0.05) is 19.0 Å². The van der Waals surface area contributed by atoms with Crippen LogP contribution in [0.15, 0.2) is 16.8 Å². The van der Waals surface area contributed by atoms with Crippen LogP contribution < -0.4 is 4.90 Å². The summed E-state index contributed by atoms with van der Waals surface area (Å²) >= 11 is 0. The summed E-state index contributed by atoms with van der Waals surface area (Å²) in [4.78, 5) is 15.6. The summed E-state index contributed by atoms with van der Waals surface area (Å²) in [7, 11) is 0. The quantitative estimate of drug-likeness (QED) is 0.864. The molecule has 0 bridgehead atoms. The monoisotopic (exact) mass is 287 g/mol. The van der Waals surface area contributed by atoms with Crippen molar-refractivity contribution in [1.29, 1.82) is 0 Å². The summed E-state index contributed by atoms with van der Waals surface area (Å²) < 4.78 is 5.33. The average molecular weight is 287 g/mol. The van der Waals surface area contributed by atoms with Gasteiger partial charge >= 0.3 is 0 Å². The molecule has 1 aliphatic heterocycles.